The van der Waals surface area contributed by atoms with Crippen molar-refractivity contribution >= 4 is 23.0 Å². The predicted octanol–water partition coefficient (Wildman–Crippen LogP) is 1.72. The van der Waals surface area contributed by atoms with E-state index in [4.69, 9.17) is 5.11 Å². The fourth-order valence-corrected chi connectivity index (χ4v) is 2.52. The number of carboxylic acid groups (broad SMARTS) is 1. The number of carbonyl (C=O) groups is 1. The van der Waals surface area contributed by atoms with Crippen LogP contribution in [-0.4, -0.2) is 36.1 Å². The molecule has 1 atom stereocenters. The maximum atomic E-state index is 11.2. The van der Waals surface area contributed by atoms with E-state index in [1.54, 1.807) is 24.9 Å². The van der Waals surface area contributed by atoms with E-state index in [0.717, 1.165) is 17.8 Å². The molecule has 1 aromatic rings. The molecule has 0 aliphatic carbocycles. The van der Waals surface area contributed by atoms with E-state index in [0.29, 0.717) is 12.1 Å². The first-order chi connectivity index (χ1) is 9.41. The van der Waals surface area contributed by atoms with Gasteiger partial charge in [-0.2, -0.15) is 0 Å². The summed E-state index contributed by atoms with van der Waals surface area (Å²) in [5.41, 5.74) is 2.32. The van der Waals surface area contributed by atoms with E-state index in [1.807, 2.05) is 0 Å². The van der Waals surface area contributed by atoms with Crippen LogP contribution in [0.25, 0.3) is 0 Å². The first-order valence-electron chi connectivity index (χ1n) is 6.40. The summed E-state index contributed by atoms with van der Waals surface area (Å²) in [6.45, 7) is 2.56. The van der Waals surface area contributed by atoms with Gasteiger partial charge in [0.05, 0.1) is 10.8 Å². The molecule has 1 unspecified atom stereocenters. The van der Waals surface area contributed by atoms with Gasteiger partial charge in [0.25, 0.3) is 5.69 Å². The van der Waals surface area contributed by atoms with Gasteiger partial charge >= 0.3 is 5.97 Å². The van der Waals surface area contributed by atoms with Crippen LogP contribution in [0.1, 0.15) is 12.5 Å². The van der Waals surface area contributed by atoms with Crippen LogP contribution in [0, 0.1) is 16.0 Å². The summed E-state index contributed by atoms with van der Waals surface area (Å²) in [6, 6.07) is 3.17. The van der Waals surface area contributed by atoms with Crippen LogP contribution in [-0.2, 0) is 11.2 Å². The fourth-order valence-electron chi connectivity index (χ4n) is 2.52. The van der Waals surface area contributed by atoms with Crippen LogP contribution in [0.15, 0.2) is 12.1 Å². The molecule has 2 rings (SSSR count). The van der Waals surface area contributed by atoms with E-state index in [-0.39, 0.29) is 12.2 Å². The highest BCUT2D eigenvalue weighted by atomic mass is 16.6. The van der Waals surface area contributed by atoms with Gasteiger partial charge in [-0.05, 0) is 12.5 Å². The molecule has 0 saturated carbocycles. The number of anilines is 2. The van der Waals surface area contributed by atoms with Crippen LogP contribution < -0.4 is 10.2 Å². The van der Waals surface area contributed by atoms with E-state index < -0.39 is 16.8 Å². The van der Waals surface area contributed by atoms with Gasteiger partial charge in [-0.15, -0.1) is 0 Å². The van der Waals surface area contributed by atoms with Gasteiger partial charge in [0.15, 0.2) is 0 Å². The molecular weight excluding hydrogens is 262 g/mol. The summed E-state index contributed by atoms with van der Waals surface area (Å²) in [4.78, 5) is 23.4. The molecule has 1 aliphatic heterocycles. The normalized spacial score (nSPS) is 14.3. The van der Waals surface area contributed by atoms with Crippen molar-refractivity contribution in [2.24, 2.45) is 5.92 Å². The molecular formula is C13H17N3O4. The number of nitrogens with zero attached hydrogens (tertiary/aromatic N) is 2. The topological polar surface area (TPSA) is 95.7 Å². The quantitative estimate of drug-likeness (QED) is 0.629. The van der Waals surface area contributed by atoms with Crippen LogP contribution in [0.5, 0.6) is 0 Å². The number of carboxylic acids is 1. The lowest BCUT2D eigenvalue weighted by Crippen LogP contribution is -2.29. The Morgan fingerprint density at radius 2 is 2.30 bits per heavy atom. The highest BCUT2D eigenvalue weighted by Crippen LogP contribution is 2.39. The average Bonchev–Trinajstić information content (AvgIpc) is 2.84. The van der Waals surface area contributed by atoms with Gasteiger partial charge in [0, 0.05) is 37.5 Å². The zero-order chi connectivity index (χ0) is 14.9. The van der Waals surface area contributed by atoms with Crippen LogP contribution in [0.2, 0.25) is 0 Å². The summed E-state index contributed by atoms with van der Waals surface area (Å²) < 4.78 is 0. The molecule has 7 nitrogen and oxygen atoms in total. The third kappa shape index (κ3) is 2.52. The molecule has 0 spiro atoms. The maximum absolute atomic E-state index is 11.2. The van der Waals surface area contributed by atoms with Gasteiger partial charge < -0.3 is 15.3 Å². The Morgan fingerprint density at radius 3 is 2.90 bits per heavy atom. The minimum absolute atomic E-state index is 0.0209. The van der Waals surface area contributed by atoms with Crippen molar-refractivity contribution in [3.05, 3.63) is 27.8 Å². The molecule has 20 heavy (non-hydrogen) atoms. The SMILES string of the molecule is CC(CN(C)c1c([N+](=O)[O-])ccc2c1CCN2)C(=O)O. The minimum atomic E-state index is -0.912. The predicted molar refractivity (Wildman–Crippen MR) is 75.4 cm³/mol. The second-order valence-electron chi connectivity index (χ2n) is 5.01. The lowest BCUT2D eigenvalue weighted by atomic mass is 10.1. The Hall–Kier alpha value is -2.31. The third-order valence-corrected chi connectivity index (χ3v) is 3.50. The van der Waals surface area contributed by atoms with Crippen LogP contribution in [0.4, 0.5) is 17.1 Å². The molecule has 108 valence electrons. The van der Waals surface area contributed by atoms with Crippen molar-refractivity contribution in [3.63, 3.8) is 0 Å². The number of hydrogen-bond donors (Lipinski definition) is 2. The lowest BCUT2D eigenvalue weighted by molar-refractivity contribution is -0.384. The summed E-state index contributed by atoms with van der Waals surface area (Å²) in [6.07, 6.45) is 0.706. The second kappa shape index (κ2) is 5.36. The van der Waals surface area contributed by atoms with Gasteiger partial charge in [-0.1, -0.05) is 6.92 Å². The van der Waals surface area contributed by atoms with Crippen molar-refractivity contribution in [2.45, 2.75) is 13.3 Å². The van der Waals surface area contributed by atoms with Crippen molar-refractivity contribution < 1.29 is 14.8 Å². The Labute approximate surface area is 116 Å². The van der Waals surface area contributed by atoms with Gasteiger partial charge in [-0.25, -0.2) is 0 Å². The first-order valence-corrected chi connectivity index (χ1v) is 6.40. The lowest BCUT2D eigenvalue weighted by Gasteiger charge is -2.23. The molecule has 0 fully saturated rings. The number of nitro benzene ring substituents is 1. The van der Waals surface area contributed by atoms with Gasteiger partial charge in [0.1, 0.15) is 5.69 Å². The van der Waals surface area contributed by atoms with Gasteiger partial charge in [0.2, 0.25) is 0 Å². The molecule has 0 amide bonds. The first kappa shape index (κ1) is 14.1. The van der Waals surface area contributed by atoms with E-state index in [9.17, 15) is 14.9 Å². The molecule has 1 heterocycles. The monoisotopic (exact) mass is 279 g/mol. The molecule has 7 heteroatoms. The number of nitro groups is 1. The Bertz CT molecular complexity index is 559. The number of benzene rings is 1. The fraction of sp³-hybridized carbons (Fsp3) is 0.462. The average molecular weight is 279 g/mol. The molecule has 2 N–H and O–H groups in total. The molecule has 0 radical (unpaired) electrons. The Morgan fingerprint density at radius 1 is 1.60 bits per heavy atom. The van der Waals surface area contributed by atoms with Crippen LogP contribution >= 0.6 is 0 Å². The van der Waals surface area contributed by atoms with Gasteiger partial charge in [-0.3, -0.25) is 14.9 Å². The number of rotatable bonds is 5. The minimum Gasteiger partial charge on any atom is -0.481 e. The Kier molecular flexibility index (Phi) is 3.78. The summed E-state index contributed by atoms with van der Waals surface area (Å²) in [5, 5.41) is 23.3. The summed E-state index contributed by atoms with van der Waals surface area (Å²) in [7, 11) is 1.69. The molecule has 1 aromatic carbocycles. The van der Waals surface area contributed by atoms with E-state index in [1.165, 1.54) is 6.07 Å². The summed E-state index contributed by atoms with van der Waals surface area (Å²) in [5.74, 6) is -1.50. The standard InChI is InChI=1S/C13H17N3O4/c1-8(13(17)18)7-15(2)12-9-5-6-14-10(9)3-4-11(12)16(19)20/h3-4,8,14H,5-7H2,1-2H3,(H,17,18). The van der Waals surface area contributed by atoms with Crippen molar-refractivity contribution in [1.29, 1.82) is 0 Å². The number of nitrogens with one attached hydrogen (secondary N) is 1. The number of fused-ring (bicyclic) bond motifs is 1. The Balaban J connectivity index is 2.40. The smallest absolute Gasteiger partial charge is 0.308 e. The summed E-state index contributed by atoms with van der Waals surface area (Å²) >= 11 is 0. The van der Waals surface area contributed by atoms with Crippen molar-refractivity contribution in [2.75, 3.05) is 30.4 Å². The largest absolute Gasteiger partial charge is 0.481 e. The molecule has 1 aliphatic rings. The van der Waals surface area contributed by atoms with Crippen LogP contribution in [0.3, 0.4) is 0 Å². The van der Waals surface area contributed by atoms with E-state index in [2.05, 4.69) is 5.32 Å². The molecule has 0 bridgehead atoms. The molecule has 0 saturated heterocycles. The zero-order valence-electron chi connectivity index (χ0n) is 11.4. The highest BCUT2D eigenvalue weighted by Gasteiger charge is 2.27. The zero-order valence-corrected chi connectivity index (χ0v) is 11.4. The molecule has 0 aromatic heterocycles. The van der Waals surface area contributed by atoms with Crippen molar-refractivity contribution in [3.8, 4) is 0 Å². The highest BCUT2D eigenvalue weighted by molar-refractivity contribution is 5.78. The number of hydrogen-bond acceptors (Lipinski definition) is 5. The second-order valence-corrected chi connectivity index (χ2v) is 5.01. The maximum Gasteiger partial charge on any atom is 0.308 e. The third-order valence-electron chi connectivity index (χ3n) is 3.50. The number of aliphatic carboxylic acids is 1. The van der Waals surface area contributed by atoms with E-state index >= 15 is 0 Å². The van der Waals surface area contributed by atoms with Crippen molar-refractivity contribution in [1.82, 2.24) is 0 Å².